The molecule has 1 aromatic heterocycles. The van der Waals surface area contributed by atoms with Gasteiger partial charge in [0, 0.05) is 6.54 Å². The molecule has 1 aromatic carbocycles. The number of ether oxygens (including phenoxy) is 1. The van der Waals surface area contributed by atoms with Crippen molar-refractivity contribution >= 4 is 22.5 Å². The van der Waals surface area contributed by atoms with Gasteiger partial charge in [0.25, 0.3) is 5.56 Å². The highest BCUT2D eigenvalue weighted by Gasteiger charge is 2.11. The van der Waals surface area contributed by atoms with Crippen LogP contribution in [0.3, 0.4) is 0 Å². The number of halogens is 1. The second-order valence-electron chi connectivity index (χ2n) is 3.84. The molecular weight excluding hydrogens is 254 g/mol. The maximum atomic E-state index is 12.3. The van der Waals surface area contributed by atoms with E-state index in [9.17, 15) is 4.79 Å². The SMILES string of the molecule is COc1cccc2c(=O)n(CCCN)c(Cl)nc12. The molecule has 0 saturated carbocycles. The highest BCUT2D eigenvalue weighted by atomic mass is 35.5. The maximum absolute atomic E-state index is 12.3. The summed E-state index contributed by atoms with van der Waals surface area (Å²) in [6, 6.07) is 5.21. The van der Waals surface area contributed by atoms with Crippen molar-refractivity contribution in [3.8, 4) is 5.75 Å². The molecule has 18 heavy (non-hydrogen) atoms. The Morgan fingerprint density at radius 2 is 2.28 bits per heavy atom. The smallest absolute Gasteiger partial charge is 0.262 e. The maximum Gasteiger partial charge on any atom is 0.262 e. The van der Waals surface area contributed by atoms with E-state index in [-0.39, 0.29) is 10.8 Å². The zero-order valence-electron chi connectivity index (χ0n) is 10.0. The van der Waals surface area contributed by atoms with Crippen LogP contribution in [-0.2, 0) is 6.54 Å². The predicted octanol–water partition coefficient (Wildman–Crippen LogP) is 1.41. The van der Waals surface area contributed by atoms with E-state index >= 15 is 0 Å². The standard InChI is InChI=1S/C12H14ClN3O2/c1-18-9-5-2-4-8-10(9)15-12(13)16(11(8)17)7-3-6-14/h2,4-5H,3,6-7,14H2,1H3. The van der Waals surface area contributed by atoms with Gasteiger partial charge in [0.2, 0.25) is 5.28 Å². The number of fused-ring (bicyclic) bond motifs is 1. The fourth-order valence-electron chi connectivity index (χ4n) is 1.80. The first-order valence-electron chi connectivity index (χ1n) is 5.62. The minimum absolute atomic E-state index is 0.158. The molecule has 0 bridgehead atoms. The summed E-state index contributed by atoms with van der Waals surface area (Å²) in [6.45, 7) is 0.966. The van der Waals surface area contributed by atoms with Crippen molar-refractivity contribution in [3.05, 3.63) is 33.8 Å². The molecule has 0 spiro atoms. The van der Waals surface area contributed by atoms with Crippen LogP contribution in [0.1, 0.15) is 6.42 Å². The van der Waals surface area contributed by atoms with Gasteiger partial charge in [0.15, 0.2) is 0 Å². The zero-order chi connectivity index (χ0) is 13.1. The van der Waals surface area contributed by atoms with Crippen LogP contribution in [0.15, 0.2) is 23.0 Å². The van der Waals surface area contributed by atoms with Crippen LogP contribution >= 0.6 is 11.6 Å². The van der Waals surface area contributed by atoms with Crippen molar-refractivity contribution in [2.45, 2.75) is 13.0 Å². The fourth-order valence-corrected chi connectivity index (χ4v) is 2.05. The second-order valence-corrected chi connectivity index (χ2v) is 4.17. The molecule has 0 fully saturated rings. The van der Waals surface area contributed by atoms with Crippen LogP contribution in [0, 0.1) is 0 Å². The van der Waals surface area contributed by atoms with Crippen molar-refractivity contribution in [2.75, 3.05) is 13.7 Å². The first-order chi connectivity index (χ1) is 8.69. The molecule has 2 aromatic rings. The Kier molecular flexibility index (Phi) is 3.84. The Balaban J connectivity index is 2.67. The van der Waals surface area contributed by atoms with Gasteiger partial charge in [-0.1, -0.05) is 6.07 Å². The number of nitrogens with zero attached hydrogens (tertiary/aromatic N) is 2. The third-order valence-electron chi connectivity index (χ3n) is 2.71. The van der Waals surface area contributed by atoms with Gasteiger partial charge in [-0.05, 0) is 36.7 Å². The van der Waals surface area contributed by atoms with Gasteiger partial charge in [0.05, 0.1) is 12.5 Å². The van der Waals surface area contributed by atoms with Gasteiger partial charge in [0.1, 0.15) is 11.3 Å². The Hall–Kier alpha value is -1.59. The molecular formula is C12H14ClN3O2. The third-order valence-corrected chi connectivity index (χ3v) is 3.00. The van der Waals surface area contributed by atoms with Crippen molar-refractivity contribution in [2.24, 2.45) is 5.73 Å². The molecule has 0 aliphatic rings. The molecule has 0 unspecified atom stereocenters. The van der Waals surface area contributed by atoms with Crippen LogP contribution in [0.25, 0.3) is 10.9 Å². The van der Waals surface area contributed by atoms with E-state index in [4.69, 9.17) is 22.1 Å². The third kappa shape index (κ3) is 2.19. The number of hydrogen-bond donors (Lipinski definition) is 1. The fraction of sp³-hybridized carbons (Fsp3) is 0.333. The van der Waals surface area contributed by atoms with Crippen LogP contribution < -0.4 is 16.0 Å². The minimum Gasteiger partial charge on any atom is -0.494 e. The zero-order valence-corrected chi connectivity index (χ0v) is 10.8. The van der Waals surface area contributed by atoms with Crippen molar-refractivity contribution in [3.63, 3.8) is 0 Å². The molecule has 1 heterocycles. The number of benzene rings is 1. The summed E-state index contributed by atoms with van der Waals surface area (Å²) in [5.41, 5.74) is 5.75. The molecule has 0 atom stereocenters. The van der Waals surface area contributed by atoms with Crippen LogP contribution in [0.4, 0.5) is 0 Å². The molecule has 2 rings (SSSR count). The molecule has 96 valence electrons. The number of para-hydroxylation sites is 1. The Bertz CT molecular complexity index is 624. The summed E-state index contributed by atoms with van der Waals surface area (Å²) in [7, 11) is 1.53. The lowest BCUT2D eigenvalue weighted by Crippen LogP contribution is -2.23. The van der Waals surface area contributed by atoms with Gasteiger partial charge in [-0.3, -0.25) is 9.36 Å². The van der Waals surface area contributed by atoms with Gasteiger partial charge in [-0.25, -0.2) is 4.98 Å². The van der Waals surface area contributed by atoms with E-state index in [0.29, 0.717) is 36.2 Å². The van der Waals surface area contributed by atoms with E-state index in [1.807, 2.05) is 0 Å². The summed E-state index contributed by atoms with van der Waals surface area (Å²) < 4.78 is 6.60. The monoisotopic (exact) mass is 267 g/mol. The molecule has 0 aliphatic carbocycles. The first-order valence-corrected chi connectivity index (χ1v) is 6.00. The number of nitrogens with two attached hydrogens (primary N) is 1. The van der Waals surface area contributed by atoms with Crippen LogP contribution in [0.5, 0.6) is 5.75 Å². The Labute approximate surface area is 109 Å². The van der Waals surface area contributed by atoms with E-state index in [0.717, 1.165) is 0 Å². The molecule has 2 N–H and O–H groups in total. The quantitative estimate of drug-likeness (QED) is 0.851. The van der Waals surface area contributed by atoms with Crippen molar-refractivity contribution < 1.29 is 4.74 Å². The van der Waals surface area contributed by atoms with Gasteiger partial charge in [-0.2, -0.15) is 0 Å². The van der Waals surface area contributed by atoms with E-state index in [2.05, 4.69) is 4.98 Å². The highest BCUT2D eigenvalue weighted by molar-refractivity contribution is 6.28. The lowest BCUT2D eigenvalue weighted by atomic mass is 10.2. The van der Waals surface area contributed by atoms with Gasteiger partial charge < -0.3 is 10.5 Å². The van der Waals surface area contributed by atoms with E-state index in [1.54, 1.807) is 18.2 Å². The van der Waals surface area contributed by atoms with Crippen molar-refractivity contribution in [1.29, 1.82) is 0 Å². The minimum atomic E-state index is -0.169. The second kappa shape index (κ2) is 5.37. The summed E-state index contributed by atoms with van der Waals surface area (Å²) in [4.78, 5) is 16.5. The largest absolute Gasteiger partial charge is 0.494 e. The normalized spacial score (nSPS) is 10.8. The van der Waals surface area contributed by atoms with Crippen LogP contribution in [0.2, 0.25) is 5.28 Å². The summed E-state index contributed by atoms with van der Waals surface area (Å²) in [5.74, 6) is 0.539. The summed E-state index contributed by atoms with van der Waals surface area (Å²) in [5, 5.41) is 0.654. The first kappa shape index (κ1) is 12.9. The molecule has 0 amide bonds. The number of methoxy groups -OCH3 is 1. The van der Waals surface area contributed by atoms with E-state index in [1.165, 1.54) is 11.7 Å². The lowest BCUT2D eigenvalue weighted by molar-refractivity contribution is 0.418. The van der Waals surface area contributed by atoms with Gasteiger partial charge in [-0.15, -0.1) is 0 Å². The average Bonchev–Trinajstić information content (AvgIpc) is 2.38. The lowest BCUT2D eigenvalue weighted by Gasteiger charge is -2.10. The van der Waals surface area contributed by atoms with Crippen molar-refractivity contribution in [1.82, 2.24) is 9.55 Å². The number of hydrogen-bond acceptors (Lipinski definition) is 4. The average molecular weight is 268 g/mol. The predicted molar refractivity (Wildman–Crippen MR) is 71.2 cm³/mol. The molecule has 0 saturated heterocycles. The molecule has 6 heteroatoms. The highest BCUT2D eigenvalue weighted by Crippen LogP contribution is 2.22. The number of aromatic nitrogens is 2. The number of rotatable bonds is 4. The van der Waals surface area contributed by atoms with E-state index < -0.39 is 0 Å². The summed E-state index contributed by atoms with van der Waals surface area (Å²) >= 11 is 6.03. The topological polar surface area (TPSA) is 70.1 Å². The van der Waals surface area contributed by atoms with Crippen LogP contribution in [-0.4, -0.2) is 23.2 Å². The summed E-state index contributed by atoms with van der Waals surface area (Å²) in [6.07, 6.45) is 0.677. The molecule has 0 aliphatic heterocycles. The Morgan fingerprint density at radius 1 is 1.50 bits per heavy atom. The Morgan fingerprint density at radius 3 is 2.94 bits per heavy atom. The van der Waals surface area contributed by atoms with Gasteiger partial charge >= 0.3 is 0 Å². The molecule has 0 radical (unpaired) electrons. The molecule has 5 nitrogen and oxygen atoms in total.